The third-order valence-corrected chi connectivity index (χ3v) is 5.19. The van der Waals surface area contributed by atoms with Gasteiger partial charge in [-0.3, -0.25) is 4.79 Å². The molecule has 0 saturated heterocycles. The van der Waals surface area contributed by atoms with Crippen molar-refractivity contribution < 1.29 is 13.2 Å². The Bertz CT molecular complexity index is 314. The molecule has 1 aliphatic carbocycles. The highest BCUT2D eigenvalue weighted by atomic mass is 32.2. The number of hydrogen-bond donors (Lipinski definition) is 1. The standard InChI is InChI=1S/C8H15NO3S/c1-8(2,7(9)10)13(11,12)5-6-3-4-6/h6H,3-5H2,1-2H3,(H2,9,10). The molecule has 0 unspecified atom stereocenters. The first-order valence-corrected chi connectivity index (χ1v) is 5.95. The SMILES string of the molecule is CC(C)(C(N)=O)S(=O)(=O)CC1CC1. The zero-order valence-corrected chi connectivity index (χ0v) is 8.73. The van der Waals surface area contributed by atoms with Gasteiger partial charge in [-0.15, -0.1) is 0 Å². The molecule has 0 aromatic rings. The normalized spacial score (nSPS) is 18.6. The van der Waals surface area contributed by atoms with Crippen LogP contribution in [0.15, 0.2) is 0 Å². The molecule has 1 saturated carbocycles. The summed E-state index contributed by atoms with van der Waals surface area (Å²) in [5.41, 5.74) is 5.03. The molecule has 5 heteroatoms. The molecule has 0 heterocycles. The number of sulfone groups is 1. The van der Waals surface area contributed by atoms with Crippen molar-refractivity contribution in [1.29, 1.82) is 0 Å². The minimum Gasteiger partial charge on any atom is -0.368 e. The van der Waals surface area contributed by atoms with E-state index in [0.29, 0.717) is 0 Å². The van der Waals surface area contributed by atoms with E-state index in [1.165, 1.54) is 13.8 Å². The molecule has 0 aliphatic heterocycles. The number of rotatable bonds is 4. The molecule has 1 amide bonds. The summed E-state index contributed by atoms with van der Waals surface area (Å²) in [6.45, 7) is 2.74. The lowest BCUT2D eigenvalue weighted by atomic mass is 10.2. The number of amides is 1. The van der Waals surface area contributed by atoms with Crippen LogP contribution in [0.25, 0.3) is 0 Å². The van der Waals surface area contributed by atoms with E-state index in [2.05, 4.69) is 0 Å². The highest BCUT2D eigenvalue weighted by molar-refractivity contribution is 7.93. The fourth-order valence-corrected chi connectivity index (χ4v) is 2.63. The predicted octanol–water partition coefficient (Wildman–Crippen LogP) is 0.0751. The van der Waals surface area contributed by atoms with Gasteiger partial charge in [-0.2, -0.15) is 0 Å². The van der Waals surface area contributed by atoms with Crippen molar-refractivity contribution in [2.45, 2.75) is 31.4 Å². The third-order valence-electron chi connectivity index (χ3n) is 2.52. The smallest absolute Gasteiger partial charge is 0.238 e. The van der Waals surface area contributed by atoms with E-state index >= 15 is 0 Å². The highest BCUT2D eigenvalue weighted by Crippen LogP contribution is 2.33. The molecule has 0 aromatic heterocycles. The predicted molar refractivity (Wildman–Crippen MR) is 49.8 cm³/mol. The van der Waals surface area contributed by atoms with Gasteiger partial charge in [0.25, 0.3) is 0 Å². The Labute approximate surface area is 78.4 Å². The van der Waals surface area contributed by atoms with Crippen molar-refractivity contribution in [3.63, 3.8) is 0 Å². The number of nitrogens with two attached hydrogens (primary N) is 1. The second-order valence-electron chi connectivity index (χ2n) is 4.10. The van der Waals surface area contributed by atoms with E-state index in [-0.39, 0.29) is 11.7 Å². The molecule has 13 heavy (non-hydrogen) atoms. The van der Waals surface area contributed by atoms with Gasteiger partial charge in [0.05, 0.1) is 5.75 Å². The van der Waals surface area contributed by atoms with Gasteiger partial charge in [-0.25, -0.2) is 8.42 Å². The van der Waals surface area contributed by atoms with Gasteiger partial charge >= 0.3 is 0 Å². The average molecular weight is 205 g/mol. The summed E-state index contributed by atoms with van der Waals surface area (Å²) < 4.78 is 21.9. The molecule has 1 rings (SSSR count). The molecule has 0 radical (unpaired) electrons. The second kappa shape index (κ2) is 2.97. The van der Waals surface area contributed by atoms with Gasteiger partial charge in [0.1, 0.15) is 4.75 Å². The van der Waals surface area contributed by atoms with Gasteiger partial charge in [0, 0.05) is 0 Å². The van der Waals surface area contributed by atoms with Crippen LogP contribution in [0.5, 0.6) is 0 Å². The second-order valence-corrected chi connectivity index (χ2v) is 6.68. The van der Waals surface area contributed by atoms with Crippen LogP contribution in [0.4, 0.5) is 0 Å². The quantitative estimate of drug-likeness (QED) is 0.705. The summed E-state index contributed by atoms with van der Waals surface area (Å²) in [5, 5.41) is 0. The largest absolute Gasteiger partial charge is 0.368 e. The van der Waals surface area contributed by atoms with Gasteiger partial charge < -0.3 is 5.73 Å². The molecule has 0 spiro atoms. The third kappa shape index (κ3) is 2.02. The van der Waals surface area contributed by atoms with E-state index in [1.54, 1.807) is 0 Å². The molecule has 0 atom stereocenters. The summed E-state index contributed by atoms with van der Waals surface area (Å²) in [6.07, 6.45) is 1.90. The summed E-state index contributed by atoms with van der Waals surface area (Å²) in [5.74, 6) is -0.417. The maximum atomic E-state index is 11.6. The lowest BCUT2D eigenvalue weighted by Crippen LogP contribution is -2.46. The first-order valence-electron chi connectivity index (χ1n) is 4.29. The fraction of sp³-hybridized carbons (Fsp3) is 0.875. The van der Waals surface area contributed by atoms with Crippen molar-refractivity contribution >= 4 is 15.7 Å². The Morgan fingerprint density at radius 2 is 1.92 bits per heavy atom. The molecule has 0 bridgehead atoms. The Hall–Kier alpha value is -0.580. The van der Waals surface area contributed by atoms with Gasteiger partial charge in [-0.1, -0.05) is 0 Å². The maximum absolute atomic E-state index is 11.6. The monoisotopic (exact) mass is 205 g/mol. The van der Waals surface area contributed by atoms with Gasteiger partial charge in [0.2, 0.25) is 5.91 Å². The zero-order chi connectivity index (χ0) is 10.3. The molecular formula is C8H15NO3S. The zero-order valence-electron chi connectivity index (χ0n) is 7.91. The van der Waals surface area contributed by atoms with Crippen molar-refractivity contribution in [2.24, 2.45) is 11.7 Å². The van der Waals surface area contributed by atoms with Gasteiger partial charge in [0.15, 0.2) is 9.84 Å². The van der Waals surface area contributed by atoms with Crippen LogP contribution < -0.4 is 5.73 Å². The molecule has 1 fully saturated rings. The molecular weight excluding hydrogens is 190 g/mol. The summed E-state index contributed by atoms with van der Waals surface area (Å²) in [6, 6.07) is 0. The van der Waals surface area contributed by atoms with Crippen LogP contribution in [0.1, 0.15) is 26.7 Å². The van der Waals surface area contributed by atoms with Crippen molar-refractivity contribution in [3.8, 4) is 0 Å². The number of hydrogen-bond acceptors (Lipinski definition) is 3. The Balaban J connectivity index is 2.83. The Kier molecular flexibility index (Phi) is 2.40. The fourth-order valence-electron chi connectivity index (χ4n) is 0.956. The van der Waals surface area contributed by atoms with Gasteiger partial charge in [-0.05, 0) is 32.6 Å². The maximum Gasteiger partial charge on any atom is 0.238 e. The van der Waals surface area contributed by atoms with E-state index in [4.69, 9.17) is 5.73 Å². The first-order chi connectivity index (χ1) is 5.77. The molecule has 4 nitrogen and oxygen atoms in total. The molecule has 1 aliphatic rings. The highest BCUT2D eigenvalue weighted by Gasteiger charge is 2.42. The minimum atomic E-state index is -3.37. The van der Waals surface area contributed by atoms with Crippen molar-refractivity contribution in [2.75, 3.05) is 5.75 Å². The van der Waals surface area contributed by atoms with E-state index in [0.717, 1.165) is 12.8 Å². The Morgan fingerprint density at radius 1 is 1.46 bits per heavy atom. The van der Waals surface area contributed by atoms with Crippen molar-refractivity contribution in [3.05, 3.63) is 0 Å². The first kappa shape index (κ1) is 10.5. The van der Waals surface area contributed by atoms with Crippen LogP contribution in [-0.4, -0.2) is 24.8 Å². The summed E-state index contributed by atoms with van der Waals surface area (Å²) in [7, 11) is -3.37. The topological polar surface area (TPSA) is 77.2 Å². The lowest BCUT2D eigenvalue weighted by molar-refractivity contribution is -0.119. The van der Waals surface area contributed by atoms with Crippen LogP contribution >= 0.6 is 0 Å². The van der Waals surface area contributed by atoms with Crippen LogP contribution in [0.2, 0.25) is 0 Å². The van der Waals surface area contributed by atoms with Crippen LogP contribution in [0, 0.1) is 5.92 Å². The Morgan fingerprint density at radius 3 is 2.23 bits per heavy atom. The van der Waals surface area contributed by atoms with E-state index in [9.17, 15) is 13.2 Å². The lowest BCUT2D eigenvalue weighted by Gasteiger charge is -2.20. The van der Waals surface area contributed by atoms with E-state index in [1.807, 2.05) is 0 Å². The van der Waals surface area contributed by atoms with Crippen LogP contribution in [0.3, 0.4) is 0 Å². The summed E-state index contributed by atoms with van der Waals surface area (Å²) in [4.78, 5) is 10.9. The van der Waals surface area contributed by atoms with Crippen molar-refractivity contribution in [1.82, 2.24) is 0 Å². The molecule has 76 valence electrons. The number of carbonyl (C=O) groups is 1. The number of primary amides is 1. The molecule has 0 aromatic carbocycles. The average Bonchev–Trinajstić information content (AvgIpc) is 2.70. The van der Waals surface area contributed by atoms with Crippen LogP contribution in [-0.2, 0) is 14.6 Å². The minimum absolute atomic E-state index is 0.100. The number of carbonyl (C=O) groups excluding carboxylic acids is 1. The summed E-state index contributed by atoms with van der Waals surface area (Å²) >= 11 is 0. The molecule has 2 N–H and O–H groups in total. The van der Waals surface area contributed by atoms with E-state index < -0.39 is 20.5 Å².